The first kappa shape index (κ1) is 10.9. The number of benzene rings is 1. The molecule has 0 saturated heterocycles. The van der Waals surface area contributed by atoms with Gasteiger partial charge in [0.2, 0.25) is 0 Å². The zero-order chi connectivity index (χ0) is 12.5. The number of pyridine rings is 1. The Bertz CT molecular complexity index is 766. The molecule has 0 aliphatic rings. The molecule has 0 unspecified atom stereocenters. The van der Waals surface area contributed by atoms with Crippen LogP contribution in [0.25, 0.3) is 22.2 Å². The molecule has 0 saturated carbocycles. The first-order valence-electron chi connectivity index (χ1n) is 5.49. The van der Waals surface area contributed by atoms with Crippen molar-refractivity contribution in [2.45, 2.75) is 0 Å². The molecule has 1 N–H and O–H groups in total. The van der Waals surface area contributed by atoms with Crippen LogP contribution in [-0.2, 0) is 0 Å². The largest absolute Gasteiger partial charge is 0.359 e. The van der Waals surface area contributed by atoms with E-state index < -0.39 is 0 Å². The smallest absolute Gasteiger partial charge is 0.113 e. The molecule has 0 aliphatic carbocycles. The standard InChI is InChI=1S/C15H9ClN2/c1-2-10-7-8-14-15(18-10)12(9-17-14)11-5-3-4-6-13(11)16/h1,3-9,17H. The molecule has 0 fully saturated rings. The summed E-state index contributed by atoms with van der Waals surface area (Å²) in [4.78, 5) is 7.62. The summed E-state index contributed by atoms with van der Waals surface area (Å²) in [6.07, 6.45) is 7.28. The van der Waals surface area contributed by atoms with Crippen LogP contribution in [0.4, 0.5) is 0 Å². The highest BCUT2D eigenvalue weighted by Gasteiger charge is 2.10. The van der Waals surface area contributed by atoms with Gasteiger partial charge in [-0.2, -0.15) is 0 Å². The van der Waals surface area contributed by atoms with Crippen LogP contribution in [0.15, 0.2) is 42.6 Å². The quantitative estimate of drug-likeness (QED) is 0.655. The van der Waals surface area contributed by atoms with E-state index >= 15 is 0 Å². The minimum atomic E-state index is 0.621. The van der Waals surface area contributed by atoms with E-state index in [2.05, 4.69) is 15.9 Å². The number of hydrogen-bond acceptors (Lipinski definition) is 1. The Balaban J connectivity index is 2.31. The lowest BCUT2D eigenvalue weighted by Crippen LogP contribution is -1.84. The van der Waals surface area contributed by atoms with Gasteiger partial charge in [-0.25, -0.2) is 4.98 Å². The molecule has 0 aliphatic heterocycles. The van der Waals surface area contributed by atoms with Crippen molar-refractivity contribution in [2.75, 3.05) is 0 Å². The predicted octanol–water partition coefficient (Wildman–Crippen LogP) is 3.86. The lowest BCUT2D eigenvalue weighted by Gasteiger charge is -2.01. The van der Waals surface area contributed by atoms with E-state index in [1.807, 2.05) is 42.6 Å². The van der Waals surface area contributed by atoms with Gasteiger partial charge in [-0.3, -0.25) is 0 Å². The highest BCUT2D eigenvalue weighted by Crippen LogP contribution is 2.32. The van der Waals surface area contributed by atoms with E-state index in [4.69, 9.17) is 18.0 Å². The highest BCUT2D eigenvalue weighted by molar-refractivity contribution is 6.33. The minimum absolute atomic E-state index is 0.621. The van der Waals surface area contributed by atoms with Crippen molar-refractivity contribution < 1.29 is 0 Å². The van der Waals surface area contributed by atoms with Crippen molar-refractivity contribution >= 4 is 22.6 Å². The van der Waals surface area contributed by atoms with E-state index in [0.717, 1.165) is 22.2 Å². The maximum atomic E-state index is 6.21. The van der Waals surface area contributed by atoms with Crippen LogP contribution >= 0.6 is 11.6 Å². The maximum Gasteiger partial charge on any atom is 0.113 e. The van der Waals surface area contributed by atoms with Crippen molar-refractivity contribution in [1.82, 2.24) is 9.97 Å². The topological polar surface area (TPSA) is 28.7 Å². The summed E-state index contributed by atoms with van der Waals surface area (Å²) < 4.78 is 0. The number of terminal acetylenes is 1. The second kappa shape index (κ2) is 4.21. The number of nitrogens with zero attached hydrogens (tertiary/aromatic N) is 1. The van der Waals surface area contributed by atoms with Gasteiger partial charge in [0, 0.05) is 22.3 Å². The van der Waals surface area contributed by atoms with Crippen LogP contribution < -0.4 is 0 Å². The summed E-state index contributed by atoms with van der Waals surface area (Å²) >= 11 is 6.21. The number of hydrogen-bond donors (Lipinski definition) is 1. The fourth-order valence-electron chi connectivity index (χ4n) is 1.96. The van der Waals surface area contributed by atoms with Gasteiger partial charge >= 0.3 is 0 Å². The number of H-pyrrole nitrogens is 1. The summed E-state index contributed by atoms with van der Waals surface area (Å²) in [5, 5.41) is 0.700. The van der Waals surface area contributed by atoms with Crippen LogP contribution in [0.3, 0.4) is 0 Å². The van der Waals surface area contributed by atoms with Gasteiger partial charge in [-0.05, 0) is 18.2 Å². The van der Waals surface area contributed by atoms with Crippen molar-refractivity contribution in [3.8, 4) is 23.5 Å². The average molecular weight is 253 g/mol. The lowest BCUT2D eigenvalue weighted by atomic mass is 10.1. The van der Waals surface area contributed by atoms with Crippen molar-refractivity contribution in [1.29, 1.82) is 0 Å². The third-order valence-electron chi connectivity index (χ3n) is 2.83. The minimum Gasteiger partial charge on any atom is -0.359 e. The van der Waals surface area contributed by atoms with Crippen LogP contribution in [0.1, 0.15) is 5.69 Å². The van der Waals surface area contributed by atoms with Gasteiger partial charge in [0.15, 0.2) is 0 Å². The van der Waals surface area contributed by atoms with Gasteiger partial charge in [0.05, 0.1) is 11.0 Å². The molecule has 0 bridgehead atoms. The number of rotatable bonds is 1. The van der Waals surface area contributed by atoms with Crippen molar-refractivity contribution in [2.24, 2.45) is 0 Å². The summed E-state index contributed by atoms with van der Waals surface area (Å²) in [5.41, 5.74) is 4.33. The zero-order valence-corrected chi connectivity index (χ0v) is 10.2. The fourth-order valence-corrected chi connectivity index (χ4v) is 2.20. The Morgan fingerprint density at radius 3 is 2.72 bits per heavy atom. The lowest BCUT2D eigenvalue weighted by molar-refractivity contribution is 1.36. The summed E-state index contributed by atoms with van der Waals surface area (Å²) in [5.74, 6) is 2.54. The normalized spacial score (nSPS) is 10.4. The number of aromatic nitrogens is 2. The molecule has 1 aromatic carbocycles. The third kappa shape index (κ3) is 1.66. The molecule has 0 spiro atoms. The second-order valence-corrected chi connectivity index (χ2v) is 4.33. The zero-order valence-electron chi connectivity index (χ0n) is 9.44. The molecular weight excluding hydrogens is 244 g/mol. The molecule has 3 rings (SSSR count). The molecular formula is C15H9ClN2. The van der Waals surface area contributed by atoms with Gasteiger partial charge < -0.3 is 4.98 Å². The molecule has 2 aromatic heterocycles. The molecule has 2 heterocycles. The summed E-state index contributed by atoms with van der Waals surface area (Å²) in [6.45, 7) is 0. The van der Waals surface area contributed by atoms with Crippen molar-refractivity contribution in [3.63, 3.8) is 0 Å². The Kier molecular flexibility index (Phi) is 2.55. The van der Waals surface area contributed by atoms with Crippen LogP contribution in [0.2, 0.25) is 5.02 Å². The predicted molar refractivity (Wildman–Crippen MR) is 74.5 cm³/mol. The molecule has 0 amide bonds. The number of nitrogens with one attached hydrogen (secondary N) is 1. The fraction of sp³-hybridized carbons (Fsp3) is 0. The molecule has 2 nitrogen and oxygen atoms in total. The van der Waals surface area contributed by atoms with Gasteiger partial charge in [0.25, 0.3) is 0 Å². The van der Waals surface area contributed by atoms with E-state index in [0.29, 0.717) is 10.7 Å². The van der Waals surface area contributed by atoms with Gasteiger partial charge in [0.1, 0.15) is 5.69 Å². The SMILES string of the molecule is C#Cc1ccc2[nH]cc(-c3ccccc3Cl)c2n1. The summed E-state index contributed by atoms with van der Waals surface area (Å²) in [7, 11) is 0. The number of fused-ring (bicyclic) bond motifs is 1. The first-order valence-corrected chi connectivity index (χ1v) is 5.87. The second-order valence-electron chi connectivity index (χ2n) is 3.92. The Morgan fingerprint density at radius 1 is 1.11 bits per heavy atom. The first-order chi connectivity index (χ1) is 8.79. The monoisotopic (exact) mass is 252 g/mol. The molecule has 86 valence electrons. The van der Waals surface area contributed by atoms with E-state index in [1.54, 1.807) is 0 Å². The molecule has 18 heavy (non-hydrogen) atoms. The maximum absolute atomic E-state index is 6.21. The molecule has 3 aromatic rings. The third-order valence-corrected chi connectivity index (χ3v) is 3.16. The molecule has 0 radical (unpaired) electrons. The van der Waals surface area contributed by atoms with E-state index in [1.165, 1.54) is 0 Å². The molecule has 0 atom stereocenters. The highest BCUT2D eigenvalue weighted by atomic mass is 35.5. The Morgan fingerprint density at radius 2 is 1.94 bits per heavy atom. The van der Waals surface area contributed by atoms with Crippen molar-refractivity contribution in [3.05, 3.63) is 53.3 Å². The average Bonchev–Trinajstić information content (AvgIpc) is 2.82. The Hall–Kier alpha value is -2.24. The molecule has 3 heteroatoms. The number of halogens is 1. The number of aromatic amines is 1. The van der Waals surface area contributed by atoms with Crippen LogP contribution in [0.5, 0.6) is 0 Å². The van der Waals surface area contributed by atoms with Crippen LogP contribution in [-0.4, -0.2) is 9.97 Å². The van der Waals surface area contributed by atoms with Gasteiger partial charge in [-0.1, -0.05) is 35.7 Å². The van der Waals surface area contributed by atoms with E-state index in [9.17, 15) is 0 Å². The van der Waals surface area contributed by atoms with Gasteiger partial charge in [-0.15, -0.1) is 6.42 Å². The summed E-state index contributed by atoms with van der Waals surface area (Å²) in [6, 6.07) is 11.4. The van der Waals surface area contributed by atoms with Crippen LogP contribution in [0, 0.1) is 12.3 Å². The Labute approximate surface area is 110 Å². The van der Waals surface area contributed by atoms with E-state index in [-0.39, 0.29) is 0 Å².